The van der Waals surface area contributed by atoms with Crippen LogP contribution in [0.5, 0.6) is 5.75 Å². The van der Waals surface area contributed by atoms with Gasteiger partial charge in [-0.25, -0.2) is 0 Å². The van der Waals surface area contributed by atoms with Crippen molar-refractivity contribution in [3.63, 3.8) is 0 Å². The lowest BCUT2D eigenvalue weighted by atomic mass is 10.0. The van der Waals surface area contributed by atoms with Gasteiger partial charge in [-0.15, -0.1) is 10.2 Å². The zero-order chi connectivity index (χ0) is 15.4. The highest BCUT2D eigenvalue weighted by atomic mass is 16.5. The zero-order valence-corrected chi connectivity index (χ0v) is 12.6. The van der Waals surface area contributed by atoms with Gasteiger partial charge in [0.2, 0.25) is 6.39 Å². The molecule has 0 saturated carbocycles. The molecule has 0 bridgehead atoms. The molecule has 116 valence electrons. The Kier molecular flexibility index (Phi) is 4.37. The molecule has 6 nitrogen and oxygen atoms in total. The van der Waals surface area contributed by atoms with Gasteiger partial charge in [0, 0.05) is 12.6 Å². The summed E-state index contributed by atoms with van der Waals surface area (Å²) in [5.41, 5.74) is 0.694. The van der Waals surface area contributed by atoms with E-state index in [9.17, 15) is 4.79 Å². The molecule has 1 unspecified atom stereocenters. The van der Waals surface area contributed by atoms with Crippen LogP contribution in [-0.4, -0.2) is 40.2 Å². The number of carbonyl (C=O) groups excluding carboxylic acids is 1. The van der Waals surface area contributed by atoms with E-state index < -0.39 is 0 Å². The standard InChI is InChI=1S/C16H19N3O3/c1-12-6-4-5-9-19(12)15(20)10-21-14-8-3-2-7-13(14)16-18-17-11-22-16/h2-3,7-8,11-12H,4-6,9-10H2,1H3. The predicted molar refractivity (Wildman–Crippen MR) is 80.3 cm³/mol. The van der Waals surface area contributed by atoms with Gasteiger partial charge in [-0.1, -0.05) is 12.1 Å². The molecule has 6 heteroatoms. The third kappa shape index (κ3) is 3.10. The Morgan fingerprint density at radius 2 is 2.27 bits per heavy atom. The van der Waals surface area contributed by atoms with Gasteiger partial charge in [0.1, 0.15) is 5.75 Å². The number of hydrogen-bond donors (Lipinski definition) is 0. The second-order valence-corrected chi connectivity index (χ2v) is 5.46. The molecule has 1 saturated heterocycles. The highest BCUT2D eigenvalue weighted by molar-refractivity contribution is 5.78. The molecule has 3 rings (SSSR count). The van der Waals surface area contributed by atoms with Gasteiger partial charge in [0.15, 0.2) is 6.61 Å². The highest BCUT2D eigenvalue weighted by Gasteiger charge is 2.23. The molecule has 0 N–H and O–H groups in total. The minimum Gasteiger partial charge on any atom is -0.483 e. The molecule has 22 heavy (non-hydrogen) atoms. The average molecular weight is 301 g/mol. The summed E-state index contributed by atoms with van der Waals surface area (Å²) >= 11 is 0. The molecule has 1 aliphatic rings. The van der Waals surface area contributed by atoms with E-state index in [0.29, 0.717) is 17.2 Å². The number of benzene rings is 1. The molecule has 1 atom stereocenters. The zero-order valence-electron chi connectivity index (χ0n) is 12.6. The number of aromatic nitrogens is 2. The quantitative estimate of drug-likeness (QED) is 0.868. The fourth-order valence-corrected chi connectivity index (χ4v) is 2.75. The molecule has 1 aromatic heterocycles. The molecule has 0 radical (unpaired) electrons. The van der Waals surface area contributed by atoms with Crippen LogP contribution >= 0.6 is 0 Å². The number of carbonyl (C=O) groups is 1. The molecule has 0 aliphatic carbocycles. The van der Waals surface area contributed by atoms with E-state index in [1.807, 2.05) is 23.1 Å². The number of rotatable bonds is 4. The van der Waals surface area contributed by atoms with Gasteiger partial charge in [0.25, 0.3) is 11.8 Å². The summed E-state index contributed by atoms with van der Waals surface area (Å²) in [5, 5.41) is 7.56. The van der Waals surface area contributed by atoms with Crippen LogP contribution in [0.3, 0.4) is 0 Å². The molecular formula is C16H19N3O3. The number of para-hydroxylation sites is 1. The maximum atomic E-state index is 12.3. The van der Waals surface area contributed by atoms with Crippen molar-refractivity contribution >= 4 is 5.91 Å². The van der Waals surface area contributed by atoms with Crippen LogP contribution in [0.25, 0.3) is 11.5 Å². The summed E-state index contributed by atoms with van der Waals surface area (Å²) in [5.74, 6) is 0.978. The first-order valence-electron chi connectivity index (χ1n) is 7.53. The summed E-state index contributed by atoms with van der Waals surface area (Å²) in [7, 11) is 0. The number of amides is 1. The molecule has 2 aromatic rings. The van der Waals surface area contributed by atoms with E-state index in [-0.39, 0.29) is 18.6 Å². The monoisotopic (exact) mass is 301 g/mol. The number of piperidine rings is 1. The molecule has 2 heterocycles. The first-order valence-corrected chi connectivity index (χ1v) is 7.53. The Labute approximate surface area is 129 Å². The van der Waals surface area contributed by atoms with E-state index in [1.165, 1.54) is 12.8 Å². The third-order valence-corrected chi connectivity index (χ3v) is 3.95. The molecular weight excluding hydrogens is 282 g/mol. The Morgan fingerprint density at radius 1 is 1.41 bits per heavy atom. The van der Waals surface area contributed by atoms with Crippen LogP contribution in [0.2, 0.25) is 0 Å². The van der Waals surface area contributed by atoms with Gasteiger partial charge >= 0.3 is 0 Å². The second-order valence-electron chi connectivity index (χ2n) is 5.46. The Hall–Kier alpha value is -2.37. The van der Waals surface area contributed by atoms with Crippen molar-refractivity contribution in [1.82, 2.24) is 15.1 Å². The lowest BCUT2D eigenvalue weighted by Gasteiger charge is -2.33. The van der Waals surface area contributed by atoms with Crippen LogP contribution in [0, 0.1) is 0 Å². The lowest BCUT2D eigenvalue weighted by Crippen LogP contribution is -2.44. The largest absolute Gasteiger partial charge is 0.483 e. The van der Waals surface area contributed by atoms with Gasteiger partial charge < -0.3 is 14.1 Å². The fraction of sp³-hybridized carbons (Fsp3) is 0.438. The first-order chi connectivity index (χ1) is 10.8. The third-order valence-electron chi connectivity index (χ3n) is 3.95. The van der Waals surface area contributed by atoms with Crippen molar-refractivity contribution in [2.75, 3.05) is 13.2 Å². The molecule has 1 aliphatic heterocycles. The van der Waals surface area contributed by atoms with Crippen LogP contribution in [0.4, 0.5) is 0 Å². The second kappa shape index (κ2) is 6.60. The number of likely N-dealkylation sites (tertiary alicyclic amines) is 1. The van der Waals surface area contributed by atoms with Crippen molar-refractivity contribution in [2.45, 2.75) is 32.2 Å². The van der Waals surface area contributed by atoms with Crippen LogP contribution in [-0.2, 0) is 4.79 Å². The number of hydrogen-bond acceptors (Lipinski definition) is 5. The molecule has 0 spiro atoms. The van der Waals surface area contributed by atoms with Crippen molar-refractivity contribution in [3.05, 3.63) is 30.7 Å². The van der Waals surface area contributed by atoms with Crippen molar-refractivity contribution in [2.24, 2.45) is 0 Å². The van der Waals surface area contributed by atoms with E-state index in [4.69, 9.17) is 9.15 Å². The Bertz CT molecular complexity index is 627. The fourth-order valence-electron chi connectivity index (χ4n) is 2.75. The summed E-state index contributed by atoms with van der Waals surface area (Å²) in [6, 6.07) is 7.63. The van der Waals surface area contributed by atoms with Crippen LogP contribution in [0.1, 0.15) is 26.2 Å². The maximum absolute atomic E-state index is 12.3. The smallest absolute Gasteiger partial charge is 0.260 e. The summed E-state index contributed by atoms with van der Waals surface area (Å²) in [6.45, 7) is 2.92. The number of ether oxygens (including phenoxy) is 1. The SMILES string of the molecule is CC1CCCCN1C(=O)COc1ccccc1-c1nnco1. The van der Waals surface area contributed by atoms with Gasteiger partial charge in [-0.3, -0.25) is 4.79 Å². The summed E-state index contributed by atoms with van der Waals surface area (Å²) in [4.78, 5) is 14.2. The minimum atomic E-state index is 0.0209. The predicted octanol–water partition coefficient (Wildman–Crippen LogP) is 2.52. The van der Waals surface area contributed by atoms with Crippen LogP contribution < -0.4 is 4.74 Å². The van der Waals surface area contributed by atoms with Crippen molar-refractivity contribution in [1.29, 1.82) is 0 Å². The summed E-state index contributed by atoms with van der Waals surface area (Å²) in [6.07, 6.45) is 4.58. The van der Waals surface area contributed by atoms with E-state index in [2.05, 4.69) is 17.1 Å². The van der Waals surface area contributed by atoms with E-state index in [0.717, 1.165) is 19.4 Å². The van der Waals surface area contributed by atoms with Crippen molar-refractivity contribution < 1.29 is 13.9 Å². The molecule has 1 aromatic carbocycles. The molecule has 1 fully saturated rings. The molecule has 1 amide bonds. The van der Waals surface area contributed by atoms with Crippen molar-refractivity contribution in [3.8, 4) is 17.2 Å². The Morgan fingerprint density at radius 3 is 3.05 bits per heavy atom. The van der Waals surface area contributed by atoms with Crippen LogP contribution in [0.15, 0.2) is 35.1 Å². The van der Waals surface area contributed by atoms with Gasteiger partial charge in [-0.2, -0.15) is 0 Å². The van der Waals surface area contributed by atoms with E-state index in [1.54, 1.807) is 6.07 Å². The normalized spacial score (nSPS) is 18.2. The number of nitrogens with zero attached hydrogens (tertiary/aromatic N) is 3. The Balaban J connectivity index is 1.68. The summed E-state index contributed by atoms with van der Waals surface area (Å²) < 4.78 is 10.9. The highest BCUT2D eigenvalue weighted by Crippen LogP contribution is 2.28. The van der Waals surface area contributed by atoms with Gasteiger partial charge in [-0.05, 0) is 38.3 Å². The topological polar surface area (TPSA) is 68.5 Å². The van der Waals surface area contributed by atoms with E-state index >= 15 is 0 Å². The van der Waals surface area contributed by atoms with Gasteiger partial charge in [0.05, 0.1) is 5.56 Å². The average Bonchev–Trinajstić information content (AvgIpc) is 3.07. The minimum absolute atomic E-state index is 0.0209. The lowest BCUT2D eigenvalue weighted by molar-refractivity contribution is -0.136. The first kappa shape index (κ1) is 14.6. The maximum Gasteiger partial charge on any atom is 0.260 e.